The second-order valence-corrected chi connectivity index (χ2v) is 33.4. The number of hydrogen-bond acceptors (Lipinski definition) is 13. The Hall–Kier alpha value is -11.7. The number of nitrogens with zero attached hydrogens (tertiary/aromatic N) is 8. The Morgan fingerprint density at radius 3 is 1.70 bits per heavy atom. The number of thiocarbonyl (C=S) groups is 2. The SMILES string of the molecule is C.COC(=O)c1ccc(/C=C/c2ccc(N3c4ccc(/C=C5\C(=O)N(c6ccccc6)C(=S)N5CCB(C)OC(C)[n+]5ccc(-c6cc[n+](CCNC(=O)Cn7c(=O)/c(=C\c8ccc9c(c8)C8CCCC8N9c8ccc(C=C(c9ccccc9)c9ccccc9)cc8)s/c7=C7/SC(=S)N(C)C7=O)cc6)cc5)cc4C4CCCC43)cc2)cc1. The predicted octanol–water partition coefficient (Wildman–Crippen LogP) is 17.0. The van der Waals surface area contributed by atoms with Gasteiger partial charge in [0, 0.05) is 91.5 Å². The van der Waals surface area contributed by atoms with E-state index in [4.69, 9.17) is 33.8 Å². The Balaban J connectivity index is 0.0000102. The Labute approximate surface area is 701 Å². The molecule has 7 heterocycles. The van der Waals surface area contributed by atoms with Gasteiger partial charge in [0.1, 0.15) is 26.1 Å². The Kier molecular flexibility index (Phi) is 23.4. The van der Waals surface area contributed by atoms with Gasteiger partial charge in [-0.25, -0.2) is 9.36 Å². The number of anilines is 5. The summed E-state index contributed by atoms with van der Waals surface area (Å²) in [5, 5.41) is 3.46. The smallest absolute Gasteiger partial charge is 0.337 e. The van der Waals surface area contributed by atoms with E-state index in [2.05, 4.69) is 180 Å². The number of methoxy groups -OCH3 is 1. The van der Waals surface area contributed by atoms with Crippen LogP contribution in [0.15, 0.2) is 260 Å². The molecule has 3 aromatic heterocycles. The fourth-order valence-electron chi connectivity index (χ4n) is 17.2. The van der Waals surface area contributed by atoms with Crippen LogP contribution in [0.25, 0.3) is 52.0 Å². The second kappa shape index (κ2) is 34.6. The average molecular weight is 1620 g/mol. The summed E-state index contributed by atoms with van der Waals surface area (Å²) >= 11 is 14.1. The lowest BCUT2D eigenvalue weighted by Gasteiger charge is -2.27. The number of nitrogens with one attached hydrogen (secondary N) is 1. The summed E-state index contributed by atoms with van der Waals surface area (Å²) in [5.41, 5.74) is 19.2. The van der Waals surface area contributed by atoms with Crippen molar-refractivity contribution in [3.8, 4) is 11.1 Å². The molecule has 2 saturated carbocycles. The summed E-state index contributed by atoms with van der Waals surface area (Å²) < 4.78 is 18.2. The Morgan fingerprint density at radius 1 is 0.615 bits per heavy atom. The molecule has 8 aromatic carbocycles. The molecule has 586 valence electrons. The summed E-state index contributed by atoms with van der Waals surface area (Å²) in [6.07, 6.45) is 25.2. The van der Waals surface area contributed by atoms with Gasteiger partial charge in [0.25, 0.3) is 24.3 Å². The molecule has 5 atom stereocenters. The third kappa shape index (κ3) is 16.4. The van der Waals surface area contributed by atoms with Crippen molar-refractivity contribution < 1.29 is 37.7 Å². The van der Waals surface area contributed by atoms with Crippen LogP contribution in [0.1, 0.15) is 131 Å². The average Bonchev–Trinajstić information content (AvgIpc) is 1.59. The van der Waals surface area contributed by atoms with Crippen LogP contribution >= 0.6 is 47.5 Å². The summed E-state index contributed by atoms with van der Waals surface area (Å²) in [4.78, 5) is 79.3. The van der Waals surface area contributed by atoms with Crippen LogP contribution in [0.3, 0.4) is 0 Å². The fourth-order valence-corrected chi connectivity index (χ4v) is 20.1. The Morgan fingerprint density at radius 2 is 1.15 bits per heavy atom. The van der Waals surface area contributed by atoms with Crippen LogP contribution in [0.2, 0.25) is 13.1 Å². The van der Waals surface area contributed by atoms with Gasteiger partial charge in [-0.2, -0.15) is 4.57 Å². The van der Waals surface area contributed by atoms with Crippen molar-refractivity contribution in [2.45, 2.75) is 109 Å². The normalized spacial score (nSPS) is 18.5. The summed E-state index contributed by atoms with van der Waals surface area (Å²) in [6, 6.07) is 77.5. The minimum atomic E-state index is -0.355. The molecule has 117 heavy (non-hydrogen) atoms. The molecule has 4 fully saturated rings. The van der Waals surface area contributed by atoms with Crippen LogP contribution < -0.4 is 43.9 Å². The van der Waals surface area contributed by atoms with E-state index in [1.165, 1.54) is 50.4 Å². The molecular weight excluding hydrogens is 1530 g/mol. The highest BCUT2D eigenvalue weighted by molar-refractivity contribution is 8.30. The zero-order valence-electron chi connectivity index (χ0n) is 64.9. The van der Waals surface area contributed by atoms with Crippen molar-refractivity contribution >= 4 is 157 Å². The molecule has 21 heteroatoms. The van der Waals surface area contributed by atoms with Gasteiger partial charge in [-0.15, -0.1) is 11.3 Å². The van der Waals surface area contributed by atoms with Gasteiger partial charge in [0.2, 0.25) is 12.1 Å². The van der Waals surface area contributed by atoms with Gasteiger partial charge in [0.15, 0.2) is 36.4 Å². The number of fused-ring (bicyclic) bond motifs is 6. The van der Waals surface area contributed by atoms with E-state index in [9.17, 15) is 24.0 Å². The highest BCUT2D eigenvalue weighted by atomic mass is 32.2. The number of pyridine rings is 2. The first-order chi connectivity index (χ1) is 56.6. The number of thioether (sulfide) groups is 1. The molecule has 16 nitrogen and oxygen atoms in total. The van der Waals surface area contributed by atoms with Crippen molar-refractivity contribution in [1.82, 2.24) is 19.7 Å². The maximum absolute atomic E-state index is 14.7. The molecule has 11 aromatic rings. The monoisotopic (exact) mass is 1620 g/mol. The number of carbonyl (C=O) groups excluding carboxylic acids is 4. The quantitative estimate of drug-likeness (QED) is 0.0162. The van der Waals surface area contributed by atoms with Crippen LogP contribution in [-0.4, -0.2) is 93.7 Å². The number of amides is 3. The molecule has 17 rings (SSSR count). The first-order valence-electron chi connectivity index (χ1n) is 39.6. The summed E-state index contributed by atoms with van der Waals surface area (Å²) in [6.45, 7) is 4.85. The van der Waals surface area contributed by atoms with E-state index in [0.717, 1.165) is 117 Å². The molecular formula is C96H90BN9O7S4+2. The standard InChI is InChI=1S/C95H85BN9O7S4.CH4/c1-62(112-96(2)48-54-101-85(89(107)105(94(101)113)73-20-12-7-13-21-73)59-66-34-42-83-79(57-66)76-22-14-24-81(76)103(83)74-38-30-64(31-39-74)27-26-63-28-36-72(37-29-63)93(110)111-4)100-52-46-69(47-53-100)68-44-50-99(51-45-68)55-49-97-87(106)61-102-90(108)86(115-92(102)88-91(109)98(3)95(114)116-88)60-67-35-43-84-80(58-67)77-23-15-25-82(77)104(84)75-40-32-65(33-41-75)56-78(70-16-8-5-9-17-70)71-18-10-6-11-19-71;/h5-13,16-21,26-47,50-53,56-60,62,76-77,81-82H,14-15,22-25,48-49,54-55,61H2,1-4H3;1H4/q+1;/p+1/b27-26+,85-59+,86-60+,92-88+;. The predicted molar refractivity (Wildman–Crippen MR) is 481 cm³/mol. The van der Waals surface area contributed by atoms with Crippen molar-refractivity contribution in [1.29, 1.82) is 0 Å². The topological polar surface area (TPSA) is 145 Å². The lowest BCUT2D eigenvalue weighted by molar-refractivity contribution is -0.751. The van der Waals surface area contributed by atoms with Crippen molar-refractivity contribution in [2.24, 2.45) is 0 Å². The highest BCUT2D eigenvalue weighted by Crippen LogP contribution is 2.54. The lowest BCUT2D eigenvalue weighted by Crippen LogP contribution is -2.43. The van der Waals surface area contributed by atoms with Crippen molar-refractivity contribution in [3.63, 3.8) is 0 Å². The maximum Gasteiger partial charge on any atom is 0.337 e. The van der Waals surface area contributed by atoms with Gasteiger partial charge in [-0.05, 0) is 202 Å². The number of benzene rings is 8. The number of hydrogen-bond donors (Lipinski definition) is 1. The van der Waals surface area contributed by atoms with E-state index < -0.39 is 0 Å². The molecule has 2 saturated heterocycles. The van der Waals surface area contributed by atoms with E-state index in [-0.39, 0.29) is 56.4 Å². The number of carbonyl (C=O) groups is 4. The van der Waals surface area contributed by atoms with Gasteiger partial charge in [-0.3, -0.25) is 33.5 Å². The molecule has 0 spiro atoms. The van der Waals surface area contributed by atoms with Gasteiger partial charge < -0.3 is 29.4 Å². The Bertz CT molecular complexity index is 5880. The third-order valence-corrected chi connectivity index (χ3v) is 26.4. The molecule has 6 aliphatic rings. The largest absolute Gasteiger partial charge is 0.465 e. The van der Waals surface area contributed by atoms with Crippen LogP contribution in [-0.2, 0) is 36.9 Å². The van der Waals surface area contributed by atoms with Crippen LogP contribution in [0.5, 0.6) is 0 Å². The number of para-hydroxylation sites is 1. The van der Waals surface area contributed by atoms with E-state index in [1.54, 1.807) is 24.1 Å². The van der Waals surface area contributed by atoms with Crippen molar-refractivity contribution in [3.05, 3.63) is 330 Å². The minimum absolute atomic E-state index is 0. The first-order valence-corrected chi connectivity index (χ1v) is 42.1. The van der Waals surface area contributed by atoms with Gasteiger partial charge >= 0.3 is 5.97 Å². The van der Waals surface area contributed by atoms with Gasteiger partial charge in [0.05, 0.1) is 29.4 Å². The number of ether oxygens (including phenoxy) is 1. The third-order valence-electron chi connectivity index (χ3n) is 23.2. The molecule has 0 radical (unpaired) electrons. The molecule has 1 N–H and O–H groups in total. The number of esters is 1. The van der Waals surface area contributed by atoms with Crippen molar-refractivity contribution in [2.75, 3.05) is 41.9 Å². The number of thiazole rings is 1. The molecule has 2 aliphatic carbocycles. The van der Waals surface area contributed by atoms with Crippen LogP contribution in [0, 0.1) is 0 Å². The maximum atomic E-state index is 14.7. The minimum Gasteiger partial charge on any atom is -0.465 e. The molecule has 5 unspecified atom stereocenters. The summed E-state index contributed by atoms with van der Waals surface area (Å²) in [5.74, 6) is -0.478. The van der Waals surface area contributed by atoms with E-state index in [0.29, 0.717) is 90.4 Å². The highest BCUT2D eigenvalue weighted by Gasteiger charge is 2.45. The fraction of sp³-hybridized carbons (Fsp3) is 0.219. The lowest BCUT2D eigenvalue weighted by atomic mass is 9.67. The zero-order valence-corrected chi connectivity index (χ0v) is 68.1. The number of aromatic nitrogens is 3. The van der Waals surface area contributed by atoms with Crippen LogP contribution in [0.4, 0.5) is 28.4 Å². The molecule has 3 amide bonds. The summed E-state index contributed by atoms with van der Waals surface area (Å²) in [7, 11) is 3.01. The molecule has 0 bridgehead atoms. The van der Waals surface area contributed by atoms with Gasteiger partial charge in [-0.1, -0.05) is 191 Å². The molecule has 4 aliphatic heterocycles. The number of rotatable bonds is 23. The zero-order chi connectivity index (χ0) is 79.7. The second-order valence-electron chi connectivity index (χ2n) is 30.4. The van der Waals surface area contributed by atoms with E-state index in [1.807, 2.05) is 131 Å². The van der Waals surface area contributed by atoms with E-state index >= 15 is 0 Å². The first kappa shape index (κ1) is 79.1.